The van der Waals surface area contributed by atoms with Crippen molar-refractivity contribution in [3.8, 4) is 45.0 Å². The summed E-state index contributed by atoms with van der Waals surface area (Å²) in [4.78, 5) is 20.6. The molecule has 2 aliphatic heterocycles. The van der Waals surface area contributed by atoms with Gasteiger partial charge >= 0.3 is 65.5 Å². The molecule has 9 heterocycles. The molecule has 2 aliphatic rings. The zero-order valence-electron chi connectivity index (χ0n) is 48.7. The minimum atomic E-state index is -5.80. The number of unbranched alkanes of at least 4 members (excludes halogenated alkanes) is 4. The SMILES string of the molecule is FC(F)(F)C(F)(F)CCCC[n+]1ccccc1-c1c2nc(c(-c3cccc[n+]3CCCCC(F)(F)C(F)(F)F)c3ccc([n-]3)c(-c3cccc[n+]3CCCCC(F)(F)C(F)(F)F)c3nc(c(-c4cccc[n+]4CCCCC(F)(F)C(F)(F)F)c4ccc1[n-]4)C=C3)C=C2.[Mn+2]. The number of fused-ring (bicyclic) bond motifs is 8. The van der Waals surface area contributed by atoms with E-state index in [1.165, 1.54) is 0 Å². The molecule has 0 spiro atoms. The molecule has 0 saturated heterocycles. The Morgan fingerprint density at radius 3 is 0.677 bits per heavy atom. The Kier molecular flexibility index (Phi) is 21.5. The Labute approximate surface area is 528 Å². The van der Waals surface area contributed by atoms with Gasteiger partial charge in [0, 0.05) is 99.9 Å². The summed E-state index contributed by atoms with van der Waals surface area (Å²) in [5.74, 6) is -19.9. The summed E-state index contributed by atoms with van der Waals surface area (Å²) >= 11 is 0. The number of halogens is 20. The Morgan fingerprint density at radius 2 is 0.484 bits per heavy atom. The fraction of sp³-hybridized carbons (Fsp3) is 0.375. The first-order chi connectivity index (χ1) is 43.2. The molecule has 0 aromatic carbocycles. The maximum atomic E-state index is 14.2. The topological polar surface area (TPSA) is 69.5 Å². The third kappa shape index (κ3) is 16.1. The molecule has 0 atom stereocenters. The zero-order chi connectivity index (χ0) is 66.7. The molecule has 9 rings (SSSR count). The number of hydrogen-bond acceptors (Lipinski definition) is 2. The van der Waals surface area contributed by atoms with E-state index in [1.54, 1.807) is 164 Å². The van der Waals surface area contributed by atoms with Gasteiger partial charge in [0.05, 0.1) is 45.0 Å². The minimum Gasteiger partial charge on any atom is -0.656 e. The summed E-state index contributed by atoms with van der Waals surface area (Å²) in [6.07, 6.45) is -19.6. The molecule has 0 unspecified atom stereocenters. The summed E-state index contributed by atoms with van der Waals surface area (Å²) in [5, 5.41) is 0. The van der Waals surface area contributed by atoms with Gasteiger partial charge in [0.25, 0.3) is 0 Å². The van der Waals surface area contributed by atoms with Crippen molar-refractivity contribution in [1.29, 1.82) is 0 Å². The molecule has 0 amide bonds. The van der Waals surface area contributed by atoms with Gasteiger partial charge in [-0.05, 0) is 74.3 Å². The van der Waals surface area contributed by atoms with Gasteiger partial charge in [-0.25, -0.2) is 9.97 Å². The van der Waals surface area contributed by atoms with E-state index in [1.807, 2.05) is 0 Å². The molecule has 0 saturated carbocycles. The van der Waals surface area contributed by atoms with Crippen molar-refractivity contribution in [2.24, 2.45) is 0 Å². The van der Waals surface area contributed by atoms with Gasteiger partial charge in [-0.2, -0.15) is 106 Å². The number of aryl methyl sites for hydroxylation is 4. The molecule has 1 radical (unpaired) electrons. The average Bonchev–Trinajstić information content (AvgIpc) is 1.62. The number of aromatic nitrogens is 8. The van der Waals surface area contributed by atoms with Gasteiger partial charge in [-0.15, -0.1) is 22.1 Å². The van der Waals surface area contributed by atoms with Crippen molar-refractivity contribution >= 4 is 46.4 Å². The van der Waals surface area contributed by atoms with Crippen LogP contribution in [0.15, 0.2) is 122 Å². The van der Waals surface area contributed by atoms with E-state index in [0.717, 1.165) is 0 Å². The first kappa shape index (κ1) is 71.2. The second-order valence-corrected chi connectivity index (χ2v) is 22.1. The van der Waals surface area contributed by atoms with E-state index >= 15 is 0 Å². The Hall–Kier alpha value is -7.68. The van der Waals surface area contributed by atoms with Crippen molar-refractivity contribution in [2.75, 3.05) is 0 Å². The van der Waals surface area contributed by atoms with E-state index in [9.17, 15) is 87.8 Å². The predicted molar refractivity (Wildman–Crippen MR) is 299 cm³/mol. The number of rotatable bonds is 24. The first-order valence-electron chi connectivity index (χ1n) is 29.0. The molecule has 8 nitrogen and oxygen atoms in total. The average molecular weight is 1370 g/mol. The van der Waals surface area contributed by atoms with Crippen LogP contribution >= 0.6 is 0 Å². The molecule has 8 bridgehead atoms. The van der Waals surface area contributed by atoms with Crippen LogP contribution in [0, 0.1) is 0 Å². The molecule has 0 fully saturated rings. The molecular weight excluding hydrogens is 1320 g/mol. The van der Waals surface area contributed by atoms with Gasteiger partial charge in [0.2, 0.25) is 22.8 Å². The summed E-state index contributed by atoms with van der Waals surface area (Å²) in [5.41, 5.74) is 3.68. The molecule has 0 N–H and O–H groups in total. The van der Waals surface area contributed by atoms with E-state index < -0.39 is 99.8 Å². The fourth-order valence-electron chi connectivity index (χ4n) is 10.8. The van der Waals surface area contributed by atoms with Crippen LogP contribution in [-0.2, 0) is 43.2 Å². The van der Waals surface area contributed by atoms with Crippen LogP contribution in [0.25, 0.3) is 91.4 Å². The molecule has 495 valence electrons. The zero-order valence-corrected chi connectivity index (χ0v) is 49.9. The Balaban J connectivity index is 0.0000111. The van der Waals surface area contributed by atoms with Crippen molar-refractivity contribution in [2.45, 2.75) is 152 Å². The van der Waals surface area contributed by atoms with Crippen molar-refractivity contribution in [3.63, 3.8) is 0 Å². The van der Waals surface area contributed by atoms with Crippen LogP contribution in [0.3, 0.4) is 0 Å². The first-order valence-corrected chi connectivity index (χ1v) is 29.0. The van der Waals surface area contributed by atoms with Crippen LogP contribution in [0.4, 0.5) is 87.8 Å². The van der Waals surface area contributed by atoms with Crippen molar-refractivity contribution < 1.29 is 123 Å². The summed E-state index contributed by atoms with van der Waals surface area (Å²) in [6.45, 7) is -0.460. The molecular formula is C64H56F20MnN8+4. The summed E-state index contributed by atoms with van der Waals surface area (Å²) in [7, 11) is 0. The molecule has 29 heteroatoms. The number of hydrogen-bond donors (Lipinski definition) is 0. The van der Waals surface area contributed by atoms with E-state index in [-0.39, 0.29) is 136 Å². The Bertz CT molecular complexity index is 3510. The van der Waals surface area contributed by atoms with Crippen LogP contribution in [-0.4, -0.2) is 58.4 Å². The van der Waals surface area contributed by atoms with Crippen LogP contribution < -0.4 is 28.2 Å². The quantitative estimate of drug-likeness (QED) is 0.0262. The van der Waals surface area contributed by atoms with Crippen molar-refractivity contribution in [1.82, 2.24) is 19.9 Å². The second-order valence-electron chi connectivity index (χ2n) is 22.1. The third-order valence-electron chi connectivity index (χ3n) is 15.6. The molecule has 7 aromatic rings. The van der Waals surface area contributed by atoms with Crippen molar-refractivity contribution in [3.05, 3.63) is 145 Å². The van der Waals surface area contributed by atoms with Gasteiger partial charge in [0.15, 0.2) is 24.8 Å². The normalized spacial score (nSPS) is 13.5. The molecule has 7 aromatic heterocycles. The Morgan fingerprint density at radius 1 is 0.280 bits per heavy atom. The van der Waals surface area contributed by atoms with Crippen LogP contribution in [0.2, 0.25) is 0 Å². The maximum Gasteiger partial charge on any atom is 2.00 e. The standard InChI is InChI=1S/C64H56F20N8.Mn/c65-57(66,61(73,74)75)29-5-13-37-89-33-9-1-17-49(89)53-41-21-23-43(85-41)54(50-18-2-10-34-90(50)38-14-6-30-58(67,68)62(76,77)78)45-25-27-47(87-45)56(52-20-4-12-36-92(52)40-16-8-32-60(71,72)64(82,83)84)48-28-26-46(88-48)55(44-24-22-42(53)86-44)51-19-3-11-35-91(51)39-15-7-31-59(69,70)63(79,80)81;/h1-4,9-12,17-28,33-36H,5-8,13-16,29-32,37-40H2;/q2*+2. The summed E-state index contributed by atoms with van der Waals surface area (Å²) < 4.78 is 279. The van der Waals surface area contributed by atoms with E-state index in [0.29, 0.717) is 22.8 Å². The van der Waals surface area contributed by atoms with Gasteiger partial charge in [-0.3, -0.25) is 0 Å². The minimum absolute atomic E-state index is 0. The van der Waals surface area contributed by atoms with E-state index in [2.05, 4.69) is 0 Å². The largest absolute Gasteiger partial charge is 2.00 e. The summed E-state index contributed by atoms with van der Waals surface area (Å²) in [6, 6.07) is 25.7. The molecule has 93 heavy (non-hydrogen) atoms. The number of nitrogens with zero attached hydrogens (tertiary/aromatic N) is 8. The van der Waals surface area contributed by atoms with Gasteiger partial charge in [0.1, 0.15) is 26.2 Å². The van der Waals surface area contributed by atoms with Gasteiger partial charge < -0.3 is 9.97 Å². The second kappa shape index (κ2) is 28.1. The number of alkyl halides is 20. The third-order valence-corrected chi connectivity index (χ3v) is 15.6. The number of pyridine rings is 4. The van der Waals surface area contributed by atoms with Crippen LogP contribution in [0.5, 0.6) is 0 Å². The predicted octanol–water partition coefficient (Wildman–Crippen LogP) is 17.2. The van der Waals surface area contributed by atoms with Gasteiger partial charge in [-0.1, -0.05) is 24.3 Å². The monoisotopic (exact) mass is 1370 g/mol. The van der Waals surface area contributed by atoms with Crippen LogP contribution in [0.1, 0.15) is 99.8 Å². The fourth-order valence-corrected chi connectivity index (χ4v) is 10.8. The van der Waals surface area contributed by atoms with E-state index in [4.69, 9.17) is 19.9 Å². The maximum absolute atomic E-state index is 14.2. The smallest absolute Gasteiger partial charge is 0.656 e. The molecule has 0 aliphatic carbocycles.